The van der Waals surface area contributed by atoms with Gasteiger partial charge in [0.1, 0.15) is 42.5 Å². The van der Waals surface area contributed by atoms with E-state index in [1.165, 1.54) is 0 Å². The molecule has 0 fully saturated rings. The summed E-state index contributed by atoms with van der Waals surface area (Å²) >= 11 is 0. The number of pyridine rings is 4. The fraction of sp³-hybridized carbons (Fsp3) is 0.0667. The van der Waals surface area contributed by atoms with Crippen LogP contribution < -0.4 is 32.0 Å². The molecule has 15 nitrogen and oxygen atoms in total. The average Bonchev–Trinajstić information content (AvgIpc) is 3.12. The summed E-state index contributed by atoms with van der Waals surface area (Å²) in [4.78, 5) is 16.0. The van der Waals surface area contributed by atoms with Crippen molar-refractivity contribution in [3.8, 4) is 23.6 Å². The summed E-state index contributed by atoms with van der Waals surface area (Å²) in [6, 6.07) is 21.7. The molecule has 230 valence electrons. The number of rotatable bonds is 8. The van der Waals surface area contributed by atoms with E-state index in [9.17, 15) is 0 Å². The maximum Gasteiger partial charge on any atom is 0.196 e. The first-order valence-electron chi connectivity index (χ1n) is 12.7. The predicted molar refractivity (Wildman–Crippen MR) is 169 cm³/mol. The Morgan fingerprint density at radius 3 is 1.80 bits per heavy atom. The van der Waals surface area contributed by atoms with Gasteiger partial charge in [-0.3, -0.25) is 27.5 Å². The summed E-state index contributed by atoms with van der Waals surface area (Å²) in [5, 5.41) is 25.3. The summed E-state index contributed by atoms with van der Waals surface area (Å²) < 4.78 is 10.7. The first-order valence-corrected chi connectivity index (χ1v) is 12.7. The number of hydrazone groups is 2. The smallest absolute Gasteiger partial charge is 0.196 e. The molecule has 8 N–H and O–H groups in total. The monoisotopic (exact) mass is 608 g/mol. The van der Waals surface area contributed by atoms with Crippen LogP contribution in [0.4, 0.5) is 0 Å². The van der Waals surface area contributed by atoms with E-state index >= 15 is 0 Å². The molecule has 45 heavy (non-hydrogen) atoms. The van der Waals surface area contributed by atoms with Crippen molar-refractivity contribution in [2.45, 2.75) is 0 Å². The molecule has 0 aliphatic carbocycles. The molecule has 0 unspecified atom stereocenters. The van der Waals surface area contributed by atoms with Crippen molar-refractivity contribution in [2.24, 2.45) is 21.9 Å². The standard InChI is InChI=1S/C15H14N6O.C9H8N2O.C6H4N2.H4N2.H2O/c1-2-10-22-12-7-5-9-17-13(12)15-20-18-14(19-21-15)11-6-3-4-8-16-11;1-2-6-12-9-4-3-5-11-8(9)7-10;7-5-6-3-1-2-4-8-6;1-2;/h2-9H,1,10H2,(H,18,19)(H,20,21);2-5H,1,6H2;1-4H;1-2H2;1H2. The molecule has 0 aromatic carbocycles. The Bertz CT molecular complexity index is 1600. The summed E-state index contributed by atoms with van der Waals surface area (Å²) in [7, 11) is 0. The van der Waals surface area contributed by atoms with Crippen LogP contribution >= 0.6 is 0 Å². The van der Waals surface area contributed by atoms with Gasteiger partial charge >= 0.3 is 0 Å². The zero-order valence-corrected chi connectivity index (χ0v) is 24.1. The number of aromatic nitrogens is 4. The molecule has 0 amide bonds. The van der Waals surface area contributed by atoms with Crippen LogP contribution in [0.25, 0.3) is 0 Å². The maximum atomic E-state index is 8.60. The van der Waals surface area contributed by atoms with Crippen molar-refractivity contribution in [1.82, 2.24) is 30.8 Å². The van der Waals surface area contributed by atoms with E-state index in [0.717, 1.165) is 0 Å². The van der Waals surface area contributed by atoms with Crippen LogP contribution in [-0.2, 0) is 0 Å². The van der Waals surface area contributed by atoms with Gasteiger partial charge in [0, 0.05) is 24.8 Å². The van der Waals surface area contributed by atoms with Crippen molar-refractivity contribution in [3.63, 3.8) is 0 Å². The number of hydrazine groups is 1. The Morgan fingerprint density at radius 2 is 1.27 bits per heavy atom. The van der Waals surface area contributed by atoms with Gasteiger partial charge in [-0.25, -0.2) is 15.0 Å². The minimum atomic E-state index is 0. The second-order valence-electron chi connectivity index (χ2n) is 7.70. The third kappa shape index (κ3) is 12.5. The lowest BCUT2D eigenvalue weighted by Gasteiger charge is -2.15. The van der Waals surface area contributed by atoms with Crippen LogP contribution in [-0.4, -0.2) is 50.3 Å². The van der Waals surface area contributed by atoms with E-state index < -0.39 is 0 Å². The molecule has 0 spiro atoms. The number of nitriles is 2. The Morgan fingerprint density at radius 1 is 0.689 bits per heavy atom. The Kier molecular flexibility index (Phi) is 17.9. The molecule has 15 heteroatoms. The summed E-state index contributed by atoms with van der Waals surface area (Å²) in [5.41, 5.74) is 7.77. The van der Waals surface area contributed by atoms with E-state index in [1.807, 2.05) is 36.4 Å². The minimum Gasteiger partial charge on any atom is -0.487 e. The molecule has 0 atom stereocenters. The summed E-state index contributed by atoms with van der Waals surface area (Å²) in [6.45, 7) is 7.91. The van der Waals surface area contributed by atoms with Gasteiger partial charge in [0.2, 0.25) is 0 Å². The van der Waals surface area contributed by atoms with Crippen molar-refractivity contribution in [2.75, 3.05) is 13.2 Å². The average molecular weight is 609 g/mol. The van der Waals surface area contributed by atoms with Gasteiger partial charge in [-0.05, 0) is 48.5 Å². The van der Waals surface area contributed by atoms with Crippen molar-refractivity contribution in [3.05, 3.63) is 134 Å². The molecule has 1 aliphatic rings. The maximum absolute atomic E-state index is 8.60. The van der Waals surface area contributed by atoms with E-state index in [2.05, 4.69) is 65.8 Å². The first kappa shape index (κ1) is 36.5. The molecule has 0 saturated carbocycles. The Hall–Kier alpha value is -6.52. The predicted octanol–water partition coefficient (Wildman–Crippen LogP) is 1.72. The topological polar surface area (TPSA) is 250 Å². The Balaban J connectivity index is 0.000000370. The van der Waals surface area contributed by atoms with Crippen molar-refractivity contribution < 1.29 is 14.9 Å². The van der Waals surface area contributed by atoms with Crippen LogP contribution in [0.15, 0.2) is 121 Å². The summed E-state index contributed by atoms with van der Waals surface area (Å²) in [6.07, 6.45) is 9.80. The van der Waals surface area contributed by atoms with Gasteiger partial charge in [0.25, 0.3) is 0 Å². The second kappa shape index (κ2) is 22.1. The normalized spacial score (nSPS) is 10.3. The largest absolute Gasteiger partial charge is 0.487 e. The number of hydrogen-bond acceptors (Lipinski definition) is 14. The SMILES string of the molecule is C=CCOc1cccnc1C#N.C=CCOc1cccnc1C1=NNC(c2ccccn2)=NN1.N#Cc1ccccn1.NN.O. The van der Waals surface area contributed by atoms with E-state index in [-0.39, 0.29) is 5.48 Å². The quantitative estimate of drug-likeness (QED) is 0.127. The molecule has 4 aromatic heterocycles. The molecule has 1 aliphatic heterocycles. The molecule has 0 saturated heterocycles. The third-order valence-electron chi connectivity index (χ3n) is 4.82. The number of hydrogen-bond donors (Lipinski definition) is 4. The van der Waals surface area contributed by atoms with E-state index in [1.54, 1.807) is 73.3 Å². The van der Waals surface area contributed by atoms with Crippen LogP contribution in [0.3, 0.4) is 0 Å². The fourth-order valence-corrected chi connectivity index (χ4v) is 2.99. The van der Waals surface area contributed by atoms with Crippen LogP contribution in [0, 0.1) is 22.7 Å². The highest BCUT2D eigenvalue weighted by Gasteiger charge is 2.16. The molecule has 4 aromatic rings. The number of ether oxygens (including phenoxy) is 2. The highest BCUT2D eigenvalue weighted by molar-refractivity contribution is 6.05. The van der Waals surface area contributed by atoms with Crippen molar-refractivity contribution >= 4 is 11.7 Å². The lowest BCUT2D eigenvalue weighted by Crippen LogP contribution is -2.35. The number of amidine groups is 2. The van der Waals surface area contributed by atoms with Crippen LogP contribution in [0.2, 0.25) is 0 Å². The van der Waals surface area contributed by atoms with Gasteiger partial charge in [-0.2, -0.15) is 20.7 Å². The lowest BCUT2D eigenvalue weighted by atomic mass is 10.3. The Labute approximate surface area is 260 Å². The first-order chi connectivity index (χ1) is 21.7. The van der Waals surface area contributed by atoms with E-state index in [0.29, 0.717) is 59.2 Å². The lowest BCUT2D eigenvalue weighted by molar-refractivity contribution is 0.360. The highest BCUT2D eigenvalue weighted by atomic mass is 16.5. The van der Waals surface area contributed by atoms with Gasteiger partial charge in [0.15, 0.2) is 28.8 Å². The molecule has 5 heterocycles. The number of nitrogens with one attached hydrogen (secondary N) is 2. The third-order valence-corrected chi connectivity index (χ3v) is 4.82. The van der Waals surface area contributed by atoms with E-state index in [4.69, 9.17) is 20.0 Å². The van der Waals surface area contributed by atoms with Gasteiger partial charge < -0.3 is 14.9 Å². The fourth-order valence-electron chi connectivity index (χ4n) is 2.99. The van der Waals surface area contributed by atoms with Crippen LogP contribution in [0.5, 0.6) is 11.5 Å². The molecule has 0 radical (unpaired) electrons. The van der Waals surface area contributed by atoms with Gasteiger partial charge in [-0.15, -0.1) is 0 Å². The zero-order chi connectivity index (χ0) is 31.8. The zero-order valence-electron chi connectivity index (χ0n) is 24.1. The van der Waals surface area contributed by atoms with Gasteiger partial charge in [-0.1, -0.05) is 37.4 Å². The van der Waals surface area contributed by atoms with Gasteiger partial charge in [0.05, 0.1) is 0 Å². The minimum absolute atomic E-state index is 0. The van der Waals surface area contributed by atoms with Crippen molar-refractivity contribution in [1.29, 1.82) is 10.5 Å². The summed E-state index contributed by atoms with van der Waals surface area (Å²) in [5.74, 6) is 10.1. The van der Waals surface area contributed by atoms with Crippen LogP contribution in [0.1, 0.15) is 22.8 Å². The molecular weight excluding hydrogens is 576 g/mol. The highest BCUT2D eigenvalue weighted by Crippen LogP contribution is 2.16. The molecule has 5 rings (SSSR count). The second-order valence-corrected chi connectivity index (χ2v) is 7.70. The number of nitrogens with two attached hydrogens (primary N) is 2. The number of nitrogens with zero attached hydrogens (tertiary/aromatic N) is 8. The molecular formula is C30H32N12O3. The molecule has 0 bridgehead atoms.